The highest BCUT2D eigenvalue weighted by Crippen LogP contribution is 2.34. The molecule has 1 fully saturated rings. The van der Waals surface area contributed by atoms with Crippen molar-refractivity contribution in [3.05, 3.63) is 33.8 Å². The molecule has 0 aliphatic carbocycles. The SMILES string of the molecule is CC(C)CNC(=O)CN1C(=O)N[C@](C)(c2ccc(Cl)cc2Cl)C1=O. The summed E-state index contributed by atoms with van der Waals surface area (Å²) in [6.45, 7) is 5.59. The van der Waals surface area contributed by atoms with Crippen LogP contribution in [0.4, 0.5) is 4.79 Å². The maximum Gasteiger partial charge on any atom is 0.325 e. The van der Waals surface area contributed by atoms with Crippen molar-refractivity contribution in [3.8, 4) is 0 Å². The summed E-state index contributed by atoms with van der Waals surface area (Å²) >= 11 is 12.0. The van der Waals surface area contributed by atoms with Gasteiger partial charge in [0.1, 0.15) is 12.1 Å². The van der Waals surface area contributed by atoms with Crippen LogP contribution < -0.4 is 10.6 Å². The van der Waals surface area contributed by atoms with Crippen molar-refractivity contribution in [2.75, 3.05) is 13.1 Å². The second-order valence-electron chi connectivity index (χ2n) is 6.27. The lowest BCUT2D eigenvalue weighted by atomic mass is 9.92. The number of halogens is 2. The molecule has 0 saturated carbocycles. The Bertz CT molecular complexity index is 693. The number of amides is 4. The Balaban J connectivity index is 2.20. The van der Waals surface area contributed by atoms with Crippen LogP contribution in [0, 0.1) is 5.92 Å². The second kappa shape index (κ2) is 6.99. The summed E-state index contributed by atoms with van der Waals surface area (Å²) in [7, 11) is 0. The summed E-state index contributed by atoms with van der Waals surface area (Å²) in [6, 6.07) is 4.05. The topological polar surface area (TPSA) is 78.5 Å². The molecule has 0 spiro atoms. The van der Waals surface area contributed by atoms with Gasteiger partial charge in [-0.15, -0.1) is 0 Å². The number of rotatable bonds is 5. The van der Waals surface area contributed by atoms with Gasteiger partial charge in [-0.05, 0) is 25.0 Å². The van der Waals surface area contributed by atoms with Crippen LogP contribution in [0.25, 0.3) is 0 Å². The summed E-state index contributed by atoms with van der Waals surface area (Å²) < 4.78 is 0. The number of carbonyl (C=O) groups excluding carboxylic acids is 3. The number of hydrogen-bond acceptors (Lipinski definition) is 3. The molecule has 2 rings (SSSR count). The fraction of sp³-hybridized carbons (Fsp3) is 0.438. The van der Waals surface area contributed by atoms with E-state index in [1.165, 1.54) is 6.07 Å². The summed E-state index contributed by atoms with van der Waals surface area (Å²) in [4.78, 5) is 37.7. The van der Waals surface area contributed by atoms with Gasteiger partial charge in [-0.2, -0.15) is 0 Å². The lowest BCUT2D eigenvalue weighted by Gasteiger charge is -2.23. The Morgan fingerprint density at radius 3 is 2.58 bits per heavy atom. The van der Waals surface area contributed by atoms with Gasteiger partial charge in [0.05, 0.1) is 0 Å². The average Bonchev–Trinajstić information content (AvgIpc) is 2.69. The van der Waals surface area contributed by atoms with Crippen molar-refractivity contribution in [1.29, 1.82) is 0 Å². The smallest absolute Gasteiger partial charge is 0.325 e. The molecule has 6 nitrogen and oxygen atoms in total. The van der Waals surface area contributed by atoms with Gasteiger partial charge in [0.15, 0.2) is 0 Å². The third-order valence-electron chi connectivity index (χ3n) is 3.75. The van der Waals surface area contributed by atoms with Gasteiger partial charge in [-0.1, -0.05) is 43.1 Å². The van der Waals surface area contributed by atoms with E-state index in [0.29, 0.717) is 17.1 Å². The zero-order valence-corrected chi connectivity index (χ0v) is 15.2. The van der Waals surface area contributed by atoms with E-state index >= 15 is 0 Å². The molecule has 1 aliphatic heterocycles. The normalized spacial score (nSPS) is 20.5. The first-order valence-electron chi connectivity index (χ1n) is 7.51. The highest BCUT2D eigenvalue weighted by Gasteiger charge is 2.50. The van der Waals surface area contributed by atoms with Crippen LogP contribution in [0.5, 0.6) is 0 Å². The molecule has 130 valence electrons. The molecule has 0 unspecified atom stereocenters. The van der Waals surface area contributed by atoms with Crippen molar-refractivity contribution in [1.82, 2.24) is 15.5 Å². The molecule has 0 radical (unpaired) electrons. The first-order chi connectivity index (χ1) is 11.1. The Kier molecular flexibility index (Phi) is 5.40. The van der Waals surface area contributed by atoms with Crippen LogP contribution in [0.15, 0.2) is 18.2 Å². The van der Waals surface area contributed by atoms with Crippen molar-refractivity contribution in [2.24, 2.45) is 5.92 Å². The van der Waals surface area contributed by atoms with Crippen LogP contribution in [0.3, 0.4) is 0 Å². The first-order valence-corrected chi connectivity index (χ1v) is 8.27. The number of imide groups is 1. The maximum atomic E-state index is 12.7. The Labute approximate surface area is 150 Å². The Morgan fingerprint density at radius 2 is 2.00 bits per heavy atom. The van der Waals surface area contributed by atoms with Crippen LogP contribution >= 0.6 is 23.2 Å². The minimum absolute atomic E-state index is 0.268. The average molecular weight is 372 g/mol. The first kappa shape index (κ1) is 18.5. The van der Waals surface area contributed by atoms with E-state index in [1.54, 1.807) is 19.1 Å². The molecule has 1 heterocycles. The van der Waals surface area contributed by atoms with Crippen molar-refractivity contribution in [2.45, 2.75) is 26.3 Å². The number of benzene rings is 1. The fourth-order valence-corrected chi connectivity index (χ4v) is 3.03. The van der Waals surface area contributed by atoms with Crippen LogP contribution in [0.1, 0.15) is 26.3 Å². The van der Waals surface area contributed by atoms with Crippen molar-refractivity contribution >= 4 is 41.0 Å². The molecule has 1 saturated heterocycles. The molecule has 1 aliphatic rings. The van der Waals surface area contributed by atoms with E-state index in [-0.39, 0.29) is 17.5 Å². The third kappa shape index (κ3) is 3.65. The lowest BCUT2D eigenvalue weighted by molar-refractivity contribution is -0.134. The number of urea groups is 1. The third-order valence-corrected chi connectivity index (χ3v) is 4.30. The predicted octanol–water partition coefficient (Wildman–Crippen LogP) is 2.53. The van der Waals surface area contributed by atoms with Gasteiger partial charge in [0.2, 0.25) is 5.91 Å². The molecular formula is C16H19Cl2N3O3. The van der Waals surface area contributed by atoms with Gasteiger partial charge < -0.3 is 10.6 Å². The number of nitrogens with one attached hydrogen (secondary N) is 2. The number of hydrogen-bond donors (Lipinski definition) is 2. The van der Waals surface area contributed by atoms with E-state index in [4.69, 9.17) is 23.2 Å². The molecule has 0 aromatic heterocycles. The van der Waals surface area contributed by atoms with Gasteiger partial charge in [0.25, 0.3) is 5.91 Å². The highest BCUT2D eigenvalue weighted by atomic mass is 35.5. The van der Waals surface area contributed by atoms with E-state index < -0.39 is 23.4 Å². The number of carbonyl (C=O) groups is 3. The van der Waals surface area contributed by atoms with Gasteiger partial charge >= 0.3 is 6.03 Å². The largest absolute Gasteiger partial charge is 0.354 e. The van der Waals surface area contributed by atoms with Gasteiger partial charge in [0, 0.05) is 22.2 Å². The highest BCUT2D eigenvalue weighted by molar-refractivity contribution is 6.35. The van der Waals surface area contributed by atoms with E-state index in [1.807, 2.05) is 13.8 Å². The summed E-state index contributed by atoms with van der Waals surface area (Å²) in [5, 5.41) is 5.98. The fourth-order valence-electron chi connectivity index (χ4n) is 2.44. The van der Waals surface area contributed by atoms with Crippen molar-refractivity contribution < 1.29 is 14.4 Å². The Hall–Kier alpha value is -1.79. The molecule has 4 amide bonds. The monoisotopic (exact) mass is 371 g/mol. The van der Waals surface area contributed by atoms with Crippen molar-refractivity contribution in [3.63, 3.8) is 0 Å². The second-order valence-corrected chi connectivity index (χ2v) is 7.11. The maximum absolute atomic E-state index is 12.7. The molecule has 1 aromatic carbocycles. The molecule has 24 heavy (non-hydrogen) atoms. The molecule has 8 heteroatoms. The quantitative estimate of drug-likeness (QED) is 0.780. The summed E-state index contributed by atoms with van der Waals surface area (Å²) in [5.74, 6) is -0.648. The van der Waals surface area contributed by atoms with Gasteiger partial charge in [-0.25, -0.2) is 4.79 Å². The minimum atomic E-state index is -1.34. The standard InChI is InChI=1S/C16H19Cl2N3O3/c1-9(2)7-19-13(22)8-21-14(23)16(3,20-15(21)24)11-5-4-10(17)6-12(11)18/h4-6,9H,7-8H2,1-3H3,(H,19,22)(H,20,24)/t16-/m1/s1. The molecule has 0 bridgehead atoms. The predicted molar refractivity (Wildman–Crippen MR) is 91.9 cm³/mol. The molecule has 1 aromatic rings. The van der Waals surface area contributed by atoms with E-state index in [9.17, 15) is 14.4 Å². The lowest BCUT2D eigenvalue weighted by Crippen LogP contribution is -2.43. The van der Waals surface area contributed by atoms with E-state index in [2.05, 4.69) is 10.6 Å². The molecule has 2 N–H and O–H groups in total. The zero-order valence-electron chi connectivity index (χ0n) is 13.7. The van der Waals surface area contributed by atoms with Crippen LogP contribution in [-0.2, 0) is 15.1 Å². The van der Waals surface area contributed by atoms with Crippen LogP contribution in [0.2, 0.25) is 10.0 Å². The molecule has 1 atom stereocenters. The summed E-state index contributed by atoms with van der Waals surface area (Å²) in [6.07, 6.45) is 0. The summed E-state index contributed by atoms with van der Waals surface area (Å²) in [5.41, 5.74) is -0.908. The molecular weight excluding hydrogens is 353 g/mol. The van der Waals surface area contributed by atoms with Gasteiger partial charge in [-0.3, -0.25) is 14.5 Å². The Morgan fingerprint density at radius 1 is 1.33 bits per heavy atom. The number of nitrogens with zero attached hydrogens (tertiary/aromatic N) is 1. The van der Waals surface area contributed by atoms with E-state index in [0.717, 1.165) is 4.90 Å². The van der Waals surface area contributed by atoms with Crippen LogP contribution in [-0.4, -0.2) is 35.8 Å². The zero-order chi connectivity index (χ0) is 18.1. The minimum Gasteiger partial charge on any atom is -0.354 e.